The third-order valence-electron chi connectivity index (χ3n) is 3.48. The minimum absolute atomic E-state index is 0.112. The minimum Gasteiger partial charge on any atom is -0.493 e. The zero-order valence-corrected chi connectivity index (χ0v) is 15.7. The Balaban J connectivity index is 0.000000289. The summed E-state index contributed by atoms with van der Waals surface area (Å²) < 4.78 is 22.8. The average Bonchev–Trinajstić information content (AvgIpc) is 2.66. The zero-order valence-electron chi connectivity index (χ0n) is 15.7. The van der Waals surface area contributed by atoms with Crippen molar-refractivity contribution < 1.29 is 18.7 Å². The van der Waals surface area contributed by atoms with E-state index in [0.29, 0.717) is 11.3 Å². The van der Waals surface area contributed by atoms with E-state index in [9.17, 15) is 9.18 Å². The Kier molecular flexibility index (Phi) is 8.78. The van der Waals surface area contributed by atoms with Crippen molar-refractivity contribution in [2.75, 3.05) is 21.3 Å². The van der Waals surface area contributed by atoms with E-state index in [1.165, 1.54) is 25.1 Å². The lowest BCUT2D eigenvalue weighted by Crippen LogP contribution is -1.98. The lowest BCUT2D eigenvalue weighted by molar-refractivity contribution is 0.101. The monoisotopic (exact) mass is 357 g/mol. The molecule has 0 aromatic heterocycles. The molecule has 0 saturated carbocycles. The van der Waals surface area contributed by atoms with Crippen molar-refractivity contribution in [3.05, 3.63) is 71.6 Å². The van der Waals surface area contributed by atoms with Gasteiger partial charge in [-0.2, -0.15) is 0 Å². The molecule has 0 aliphatic rings. The number of ether oxygens (including phenoxy) is 2. The molecule has 0 spiro atoms. The van der Waals surface area contributed by atoms with Crippen LogP contribution in [-0.4, -0.2) is 32.8 Å². The highest BCUT2D eigenvalue weighted by molar-refractivity contribution is 6.08. The van der Waals surface area contributed by atoms with Crippen LogP contribution in [0.5, 0.6) is 11.5 Å². The summed E-state index contributed by atoms with van der Waals surface area (Å²) in [6, 6.07) is 11.4. The first-order valence-corrected chi connectivity index (χ1v) is 8.05. The highest BCUT2D eigenvalue weighted by Gasteiger charge is 2.06. The fraction of sp³-hybridized carbons (Fsp3) is 0.238. The van der Waals surface area contributed by atoms with E-state index in [2.05, 4.69) is 4.99 Å². The van der Waals surface area contributed by atoms with Crippen LogP contribution in [0.3, 0.4) is 0 Å². The van der Waals surface area contributed by atoms with Crippen molar-refractivity contribution in [1.29, 1.82) is 0 Å². The molecular formula is C21H24FNO3. The number of rotatable bonds is 5. The average molecular weight is 357 g/mol. The van der Waals surface area contributed by atoms with Crippen LogP contribution in [0.2, 0.25) is 0 Å². The number of allylic oxidation sites excluding steroid dienone is 2. The second kappa shape index (κ2) is 10.8. The van der Waals surface area contributed by atoms with E-state index in [0.717, 1.165) is 17.0 Å². The fourth-order valence-electron chi connectivity index (χ4n) is 2.16. The molecule has 5 heteroatoms. The van der Waals surface area contributed by atoms with Gasteiger partial charge in [-0.15, -0.1) is 0 Å². The first kappa shape index (κ1) is 21.1. The normalized spacial score (nSPS) is 10.9. The number of methoxy groups -OCH3 is 2. The molecule has 0 fully saturated rings. The van der Waals surface area contributed by atoms with Gasteiger partial charge < -0.3 is 9.47 Å². The quantitative estimate of drug-likeness (QED) is 0.574. The molecule has 0 heterocycles. The number of halogens is 1. The van der Waals surface area contributed by atoms with Crippen LogP contribution >= 0.6 is 0 Å². The van der Waals surface area contributed by atoms with Gasteiger partial charge in [0.05, 0.1) is 19.9 Å². The second-order valence-corrected chi connectivity index (χ2v) is 5.25. The van der Waals surface area contributed by atoms with Crippen molar-refractivity contribution in [3.63, 3.8) is 0 Å². The Morgan fingerprint density at radius 1 is 1.04 bits per heavy atom. The van der Waals surface area contributed by atoms with Crippen molar-refractivity contribution in [2.45, 2.75) is 13.8 Å². The largest absolute Gasteiger partial charge is 0.493 e. The summed E-state index contributed by atoms with van der Waals surface area (Å²) in [5.74, 6) is 0.958. The standard InChI is InChI=1S/C13H17NO2.C8H7FO/c1-5-6-11(14-2)10-7-8-12(15-3)13(9-10)16-4;1-6(10)7-3-2-4-8(9)5-7/h5-9H,1-4H3;2-5H,1H3/b6-5-,14-11?;. The number of ketones is 1. The highest BCUT2D eigenvalue weighted by Crippen LogP contribution is 2.27. The third-order valence-corrected chi connectivity index (χ3v) is 3.48. The topological polar surface area (TPSA) is 47.9 Å². The molecule has 4 nitrogen and oxygen atoms in total. The molecule has 0 aliphatic heterocycles. The Bertz CT molecular complexity index is 798. The van der Waals surface area contributed by atoms with Crippen molar-refractivity contribution in [2.24, 2.45) is 4.99 Å². The number of carbonyl (C=O) groups is 1. The van der Waals surface area contributed by atoms with Crippen LogP contribution in [0.4, 0.5) is 4.39 Å². The third kappa shape index (κ3) is 6.16. The van der Waals surface area contributed by atoms with E-state index in [-0.39, 0.29) is 11.6 Å². The smallest absolute Gasteiger partial charge is 0.161 e. The number of aliphatic imine (C=N–C) groups is 1. The van der Waals surface area contributed by atoms with Crippen LogP contribution in [0.1, 0.15) is 29.8 Å². The lowest BCUT2D eigenvalue weighted by atomic mass is 10.1. The molecule has 0 aliphatic carbocycles. The van der Waals surface area contributed by atoms with Gasteiger partial charge in [0.1, 0.15) is 5.82 Å². The molecule has 2 aromatic rings. The van der Waals surface area contributed by atoms with Crippen LogP contribution in [-0.2, 0) is 0 Å². The Labute approximate surface area is 154 Å². The lowest BCUT2D eigenvalue weighted by Gasteiger charge is -2.09. The molecule has 2 aromatic carbocycles. The van der Waals surface area contributed by atoms with Crippen molar-refractivity contribution in [3.8, 4) is 11.5 Å². The molecule has 0 bridgehead atoms. The van der Waals surface area contributed by atoms with Crippen LogP contribution in [0.25, 0.3) is 0 Å². The fourth-order valence-corrected chi connectivity index (χ4v) is 2.16. The van der Waals surface area contributed by atoms with Crippen LogP contribution in [0, 0.1) is 5.82 Å². The number of carbonyl (C=O) groups excluding carboxylic acids is 1. The molecule has 0 unspecified atom stereocenters. The second-order valence-electron chi connectivity index (χ2n) is 5.25. The van der Waals surface area contributed by atoms with E-state index < -0.39 is 0 Å². The number of hydrogen-bond donors (Lipinski definition) is 0. The molecule has 26 heavy (non-hydrogen) atoms. The molecule has 0 N–H and O–H groups in total. The predicted octanol–water partition coefficient (Wildman–Crippen LogP) is 4.73. The van der Waals surface area contributed by atoms with Gasteiger partial charge in [-0.1, -0.05) is 18.2 Å². The first-order valence-electron chi connectivity index (χ1n) is 8.05. The van der Waals surface area contributed by atoms with Gasteiger partial charge in [0, 0.05) is 18.2 Å². The molecule has 0 saturated heterocycles. The maximum absolute atomic E-state index is 12.4. The van der Waals surface area contributed by atoms with Crippen molar-refractivity contribution >= 4 is 11.5 Å². The van der Waals surface area contributed by atoms with E-state index in [4.69, 9.17) is 9.47 Å². The summed E-state index contributed by atoms with van der Waals surface area (Å²) in [6.07, 6.45) is 3.92. The Morgan fingerprint density at radius 2 is 1.73 bits per heavy atom. The summed E-state index contributed by atoms with van der Waals surface area (Å²) >= 11 is 0. The highest BCUT2D eigenvalue weighted by atomic mass is 19.1. The summed E-state index contributed by atoms with van der Waals surface area (Å²) in [5.41, 5.74) is 2.35. The Hall–Kier alpha value is -2.95. The van der Waals surface area contributed by atoms with Gasteiger partial charge in [0.25, 0.3) is 0 Å². The summed E-state index contributed by atoms with van der Waals surface area (Å²) in [7, 11) is 5.02. The molecule has 138 valence electrons. The van der Waals surface area contributed by atoms with Crippen LogP contribution in [0.15, 0.2) is 59.6 Å². The van der Waals surface area contributed by atoms with Gasteiger partial charge >= 0.3 is 0 Å². The summed E-state index contributed by atoms with van der Waals surface area (Å²) in [6.45, 7) is 3.38. The van der Waals surface area contributed by atoms with Gasteiger partial charge in [-0.3, -0.25) is 9.79 Å². The predicted molar refractivity (Wildman–Crippen MR) is 103 cm³/mol. The number of hydrogen-bond acceptors (Lipinski definition) is 4. The Morgan fingerprint density at radius 3 is 2.19 bits per heavy atom. The van der Waals surface area contributed by atoms with E-state index in [1.807, 2.05) is 37.3 Å². The van der Waals surface area contributed by atoms with E-state index >= 15 is 0 Å². The van der Waals surface area contributed by atoms with Crippen LogP contribution < -0.4 is 9.47 Å². The molecule has 0 atom stereocenters. The zero-order chi connectivity index (χ0) is 19.5. The number of nitrogens with zero attached hydrogens (tertiary/aromatic N) is 1. The van der Waals surface area contributed by atoms with Gasteiger partial charge in [-0.25, -0.2) is 4.39 Å². The van der Waals surface area contributed by atoms with Gasteiger partial charge in [0.2, 0.25) is 0 Å². The summed E-state index contributed by atoms with van der Waals surface area (Å²) in [5, 5.41) is 0. The van der Waals surface area contributed by atoms with E-state index in [1.54, 1.807) is 27.3 Å². The maximum Gasteiger partial charge on any atom is 0.161 e. The molecule has 0 radical (unpaired) electrons. The first-order chi connectivity index (χ1) is 12.5. The SMILES string of the molecule is C/C=C\C(=NC)c1ccc(OC)c(OC)c1.CC(=O)c1cccc(F)c1. The van der Waals surface area contributed by atoms with Gasteiger partial charge in [-0.05, 0) is 50.3 Å². The number of benzene rings is 2. The molecule has 2 rings (SSSR count). The number of Topliss-reactive ketones (excluding diaryl/α,β-unsaturated/α-hetero) is 1. The minimum atomic E-state index is -0.368. The summed E-state index contributed by atoms with van der Waals surface area (Å²) in [4.78, 5) is 14.8. The molecule has 0 amide bonds. The van der Waals surface area contributed by atoms with Gasteiger partial charge in [0.15, 0.2) is 17.3 Å². The maximum atomic E-state index is 12.4. The molecular weight excluding hydrogens is 333 g/mol. The van der Waals surface area contributed by atoms with Crippen molar-refractivity contribution in [1.82, 2.24) is 0 Å².